The number of ether oxygens (including phenoxy) is 3. The van der Waals surface area contributed by atoms with Gasteiger partial charge < -0.3 is 14.2 Å². The Morgan fingerprint density at radius 3 is 1.97 bits per heavy atom. The first-order valence-electron chi connectivity index (χ1n) is 12.2. The SMILES string of the molecule is COc1cc(C=C2N=C(c3ccccc3)N(c3c(C)n(C)n(-c4ccccc4)c3=O)C2=O)cc(OC)c1OC. The highest BCUT2D eigenvalue weighted by atomic mass is 16.5. The summed E-state index contributed by atoms with van der Waals surface area (Å²) in [5, 5.41) is 0. The third kappa shape index (κ3) is 4.37. The Morgan fingerprint density at radius 1 is 0.821 bits per heavy atom. The molecular formula is C30H28N4O5. The molecule has 9 heteroatoms. The molecule has 0 spiro atoms. The summed E-state index contributed by atoms with van der Waals surface area (Å²) in [6.07, 6.45) is 1.64. The van der Waals surface area contributed by atoms with Gasteiger partial charge in [0.1, 0.15) is 17.2 Å². The molecule has 1 amide bonds. The van der Waals surface area contributed by atoms with Crippen molar-refractivity contribution in [2.75, 3.05) is 26.2 Å². The number of aromatic nitrogens is 2. The van der Waals surface area contributed by atoms with E-state index in [1.165, 1.54) is 26.2 Å². The van der Waals surface area contributed by atoms with Crippen molar-refractivity contribution in [3.63, 3.8) is 0 Å². The fourth-order valence-electron chi connectivity index (χ4n) is 4.66. The van der Waals surface area contributed by atoms with Gasteiger partial charge in [-0.15, -0.1) is 0 Å². The lowest BCUT2D eigenvalue weighted by atomic mass is 10.1. The molecule has 1 aliphatic rings. The number of anilines is 1. The van der Waals surface area contributed by atoms with Gasteiger partial charge >= 0.3 is 0 Å². The molecule has 2 heterocycles. The number of aliphatic imine (C=N–C) groups is 1. The van der Waals surface area contributed by atoms with E-state index in [-0.39, 0.29) is 16.9 Å². The number of carbonyl (C=O) groups excluding carboxylic acids is 1. The zero-order chi connectivity index (χ0) is 27.7. The predicted molar refractivity (Wildman–Crippen MR) is 150 cm³/mol. The minimum atomic E-state index is -0.423. The molecule has 1 aromatic heterocycles. The second kappa shape index (κ2) is 10.4. The summed E-state index contributed by atoms with van der Waals surface area (Å²) in [4.78, 5) is 34.0. The normalized spacial score (nSPS) is 14.1. The summed E-state index contributed by atoms with van der Waals surface area (Å²) in [7, 11) is 6.37. The van der Waals surface area contributed by atoms with Gasteiger partial charge in [0.2, 0.25) is 5.75 Å². The average Bonchev–Trinajstić information content (AvgIpc) is 3.39. The van der Waals surface area contributed by atoms with Crippen molar-refractivity contribution in [2.45, 2.75) is 6.92 Å². The second-order valence-electron chi connectivity index (χ2n) is 8.84. The number of amidine groups is 1. The molecule has 4 aromatic rings. The lowest BCUT2D eigenvalue weighted by Gasteiger charge is -2.17. The standard InChI is InChI=1S/C30H28N4O5/c1-19-26(30(36)34(32(19)2)22-14-10-7-11-15-22)33-28(21-12-8-6-9-13-21)31-23(29(33)35)16-20-17-24(37-3)27(39-5)25(18-20)38-4/h6-18H,1-5H3. The third-order valence-electron chi connectivity index (χ3n) is 6.63. The molecule has 198 valence electrons. The topological polar surface area (TPSA) is 87.3 Å². The van der Waals surface area contributed by atoms with Gasteiger partial charge in [-0.3, -0.25) is 19.2 Å². The minimum Gasteiger partial charge on any atom is -0.493 e. The lowest BCUT2D eigenvalue weighted by molar-refractivity contribution is -0.113. The van der Waals surface area contributed by atoms with Gasteiger partial charge in [-0.05, 0) is 42.8 Å². The van der Waals surface area contributed by atoms with Gasteiger partial charge in [0.25, 0.3) is 11.5 Å². The van der Waals surface area contributed by atoms with E-state index in [1.807, 2.05) is 67.6 Å². The van der Waals surface area contributed by atoms with E-state index in [2.05, 4.69) is 0 Å². The number of hydrogen-bond acceptors (Lipinski definition) is 6. The molecule has 0 unspecified atom stereocenters. The maximum Gasteiger partial charge on any atom is 0.296 e. The molecule has 1 aliphatic heterocycles. The molecule has 3 aromatic carbocycles. The van der Waals surface area contributed by atoms with Crippen LogP contribution in [0.3, 0.4) is 0 Å². The van der Waals surface area contributed by atoms with Crippen LogP contribution in [0.5, 0.6) is 17.2 Å². The zero-order valence-electron chi connectivity index (χ0n) is 22.3. The number of para-hydroxylation sites is 1. The molecule has 0 N–H and O–H groups in total. The minimum absolute atomic E-state index is 0.164. The van der Waals surface area contributed by atoms with Crippen molar-refractivity contribution < 1.29 is 19.0 Å². The first-order valence-corrected chi connectivity index (χ1v) is 12.2. The Balaban J connectivity index is 1.69. The summed E-state index contributed by atoms with van der Waals surface area (Å²) >= 11 is 0. The molecule has 0 fully saturated rings. The first-order chi connectivity index (χ1) is 18.9. The van der Waals surface area contributed by atoms with Crippen LogP contribution in [-0.4, -0.2) is 42.4 Å². The Morgan fingerprint density at radius 2 is 1.41 bits per heavy atom. The van der Waals surface area contributed by atoms with Gasteiger partial charge in [-0.1, -0.05) is 48.5 Å². The quantitative estimate of drug-likeness (QED) is 0.336. The maximum atomic E-state index is 14.0. The molecule has 0 saturated heterocycles. The number of amides is 1. The Bertz CT molecular complexity index is 1640. The van der Waals surface area contributed by atoms with Gasteiger partial charge in [0.05, 0.1) is 32.7 Å². The van der Waals surface area contributed by atoms with Crippen molar-refractivity contribution in [1.29, 1.82) is 0 Å². The van der Waals surface area contributed by atoms with Crippen LogP contribution in [0.2, 0.25) is 0 Å². The highest BCUT2D eigenvalue weighted by Crippen LogP contribution is 2.39. The van der Waals surface area contributed by atoms with Gasteiger partial charge in [0, 0.05) is 12.6 Å². The number of rotatable bonds is 7. The zero-order valence-corrected chi connectivity index (χ0v) is 22.3. The summed E-state index contributed by atoms with van der Waals surface area (Å²) < 4.78 is 19.6. The summed E-state index contributed by atoms with van der Waals surface area (Å²) in [5.74, 6) is 1.28. The van der Waals surface area contributed by atoms with Crippen LogP contribution in [0, 0.1) is 6.92 Å². The van der Waals surface area contributed by atoms with E-state index in [4.69, 9.17) is 19.2 Å². The van der Waals surface area contributed by atoms with Crippen molar-refractivity contribution in [3.05, 3.63) is 106 Å². The van der Waals surface area contributed by atoms with E-state index in [9.17, 15) is 9.59 Å². The van der Waals surface area contributed by atoms with Crippen molar-refractivity contribution >= 4 is 23.5 Å². The van der Waals surface area contributed by atoms with E-state index in [0.29, 0.717) is 45.6 Å². The first kappa shape index (κ1) is 25.6. The number of hydrogen-bond donors (Lipinski definition) is 0. The fraction of sp³-hybridized carbons (Fsp3) is 0.167. The summed E-state index contributed by atoms with van der Waals surface area (Å²) in [6, 6.07) is 22.1. The maximum absolute atomic E-state index is 14.0. The van der Waals surface area contributed by atoms with E-state index < -0.39 is 5.91 Å². The van der Waals surface area contributed by atoms with Crippen LogP contribution in [0.1, 0.15) is 16.8 Å². The highest BCUT2D eigenvalue weighted by molar-refractivity contribution is 6.33. The smallest absolute Gasteiger partial charge is 0.296 e. The molecule has 5 rings (SSSR count). The predicted octanol–water partition coefficient (Wildman–Crippen LogP) is 4.34. The Kier molecular flexibility index (Phi) is 6.81. The van der Waals surface area contributed by atoms with Crippen molar-refractivity contribution in [3.8, 4) is 22.9 Å². The largest absolute Gasteiger partial charge is 0.493 e. The van der Waals surface area contributed by atoms with Crippen molar-refractivity contribution in [1.82, 2.24) is 9.36 Å². The van der Waals surface area contributed by atoms with Gasteiger partial charge in [-0.25, -0.2) is 9.67 Å². The molecule has 0 radical (unpaired) electrons. The monoisotopic (exact) mass is 524 g/mol. The second-order valence-corrected chi connectivity index (χ2v) is 8.84. The van der Waals surface area contributed by atoms with Gasteiger partial charge in [0.15, 0.2) is 11.5 Å². The van der Waals surface area contributed by atoms with Crippen molar-refractivity contribution in [2.24, 2.45) is 12.0 Å². The number of nitrogens with zero attached hydrogens (tertiary/aromatic N) is 4. The average molecular weight is 525 g/mol. The Hall–Kier alpha value is -5.05. The molecule has 0 bridgehead atoms. The highest BCUT2D eigenvalue weighted by Gasteiger charge is 2.37. The number of carbonyl (C=O) groups is 1. The molecule has 9 nitrogen and oxygen atoms in total. The number of methoxy groups -OCH3 is 3. The lowest BCUT2D eigenvalue weighted by Crippen LogP contribution is -2.36. The van der Waals surface area contributed by atoms with Crippen LogP contribution >= 0.6 is 0 Å². The van der Waals surface area contributed by atoms with E-state index in [0.717, 1.165) is 0 Å². The van der Waals surface area contributed by atoms with Crippen LogP contribution in [0.4, 0.5) is 5.69 Å². The third-order valence-corrected chi connectivity index (χ3v) is 6.63. The molecule has 0 saturated carbocycles. The Labute approximate surface area is 225 Å². The van der Waals surface area contributed by atoms with Crippen LogP contribution in [0.15, 0.2) is 88.3 Å². The van der Waals surface area contributed by atoms with E-state index >= 15 is 0 Å². The fourth-order valence-corrected chi connectivity index (χ4v) is 4.66. The van der Waals surface area contributed by atoms with E-state index in [1.54, 1.807) is 34.6 Å². The summed E-state index contributed by atoms with van der Waals surface area (Å²) in [6.45, 7) is 1.81. The molecule has 0 atom stereocenters. The van der Waals surface area contributed by atoms with Crippen LogP contribution in [-0.2, 0) is 11.8 Å². The molecular weight excluding hydrogens is 496 g/mol. The van der Waals surface area contributed by atoms with Crippen LogP contribution in [0.25, 0.3) is 11.8 Å². The molecule has 39 heavy (non-hydrogen) atoms. The number of benzene rings is 3. The van der Waals surface area contributed by atoms with Crippen LogP contribution < -0.4 is 24.7 Å². The molecule has 0 aliphatic carbocycles. The van der Waals surface area contributed by atoms with Gasteiger partial charge in [-0.2, -0.15) is 0 Å². The summed E-state index contributed by atoms with van der Waals surface area (Å²) in [5.41, 5.74) is 2.71.